The van der Waals surface area contributed by atoms with E-state index in [0.29, 0.717) is 25.6 Å². The molecule has 0 radical (unpaired) electrons. The molecule has 0 atom stereocenters. The number of hydrogen-bond acceptors (Lipinski definition) is 4. The zero-order chi connectivity index (χ0) is 12.7. The van der Waals surface area contributed by atoms with Crippen molar-refractivity contribution in [2.45, 2.75) is 12.8 Å². The van der Waals surface area contributed by atoms with Crippen molar-refractivity contribution in [2.75, 3.05) is 46.9 Å². The molecule has 17 heavy (non-hydrogen) atoms. The van der Waals surface area contributed by atoms with Gasteiger partial charge in [0.25, 0.3) is 10.2 Å². The Bertz CT molecular complexity index is 302. The predicted octanol–water partition coefficient (Wildman–Crippen LogP) is -0.601. The van der Waals surface area contributed by atoms with E-state index in [2.05, 4.69) is 10.0 Å². The number of rotatable bonds is 7. The molecule has 0 unspecified atom stereocenters. The third-order valence-electron chi connectivity index (χ3n) is 2.98. The summed E-state index contributed by atoms with van der Waals surface area (Å²) in [4.78, 5) is 0. The molecule has 0 amide bonds. The SMILES string of the molecule is COCCNS(=O)(=O)N(C)CC1CCNCC1. The lowest BCUT2D eigenvalue weighted by Crippen LogP contribution is -2.43. The van der Waals surface area contributed by atoms with Gasteiger partial charge >= 0.3 is 0 Å². The van der Waals surface area contributed by atoms with Crippen LogP contribution in [0.1, 0.15) is 12.8 Å². The lowest BCUT2D eigenvalue weighted by molar-refractivity contribution is 0.203. The van der Waals surface area contributed by atoms with Crippen molar-refractivity contribution >= 4 is 10.2 Å². The van der Waals surface area contributed by atoms with Crippen molar-refractivity contribution in [3.05, 3.63) is 0 Å². The quantitative estimate of drug-likeness (QED) is 0.603. The second-order valence-corrected chi connectivity index (χ2v) is 6.23. The van der Waals surface area contributed by atoms with E-state index in [1.807, 2.05) is 0 Å². The Balaban J connectivity index is 2.36. The van der Waals surface area contributed by atoms with E-state index < -0.39 is 10.2 Å². The van der Waals surface area contributed by atoms with E-state index in [-0.39, 0.29) is 0 Å². The Morgan fingerprint density at radius 3 is 2.65 bits per heavy atom. The maximum absolute atomic E-state index is 11.8. The Morgan fingerprint density at radius 2 is 2.06 bits per heavy atom. The fourth-order valence-corrected chi connectivity index (χ4v) is 2.88. The van der Waals surface area contributed by atoms with Gasteiger partial charge in [0, 0.05) is 27.2 Å². The normalized spacial score (nSPS) is 18.8. The van der Waals surface area contributed by atoms with Gasteiger partial charge in [-0.1, -0.05) is 0 Å². The van der Waals surface area contributed by atoms with Crippen molar-refractivity contribution in [2.24, 2.45) is 5.92 Å². The first-order valence-corrected chi connectivity index (χ1v) is 7.41. The van der Waals surface area contributed by atoms with E-state index in [0.717, 1.165) is 25.9 Å². The Kier molecular flexibility index (Phi) is 6.35. The molecular weight excluding hydrogens is 242 g/mol. The number of ether oxygens (including phenoxy) is 1. The van der Waals surface area contributed by atoms with Gasteiger partial charge in [-0.15, -0.1) is 0 Å². The highest BCUT2D eigenvalue weighted by atomic mass is 32.2. The molecule has 7 heteroatoms. The molecule has 1 heterocycles. The second kappa shape index (κ2) is 7.27. The van der Waals surface area contributed by atoms with Crippen molar-refractivity contribution in [3.63, 3.8) is 0 Å². The molecule has 102 valence electrons. The molecule has 0 aromatic heterocycles. The monoisotopic (exact) mass is 265 g/mol. The van der Waals surface area contributed by atoms with Gasteiger partial charge in [0.05, 0.1) is 6.61 Å². The van der Waals surface area contributed by atoms with Crippen molar-refractivity contribution in [1.82, 2.24) is 14.3 Å². The first-order valence-electron chi connectivity index (χ1n) is 5.97. The van der Waals surface area contributed by atoms with Crippen LogP contribution in [0.25, 0.3) is 0 Å². The van der Waals surface area contributed by atoms with Crippen molar-refractivity contribution < 1.29 is 13.2 Å². The summed E-state index contributed by atoms with van der Waals surface area (Å²) in [6.07, 6.45) is 2.08. The van der Waals surface area contributed by atoms with E-state index in [4.69, 9.17) is 4.74 Å². The summed E-state index contributed by atoms with van der Waals surface area (Å²) < 4.78 is 32.4. The third-order valence-corrected chi connectivity index (χ3v) is 4.51. The number of hydrogen-bond donors (Lipinski definition) is 2. The van der Waals surface area contributed by atoms with E-state index in [1.54, 1.807) is 14.2 Å². The van der Waals surface area contributed by atoms with Gasteiger partial charge in [0.2, 0.25) is 0 Å². The van der Waals surface area contributed by atoms with Crippen LogP contribution in [-0.2, 0) is 14.9 Å². The largest absolute Gasteiger partial charge is 0.383 e. The summed E-state index contributed by atoms with van der Waals surface area (Å²) in [7, 11) is -0.178. The molecule has 1 aliphatic heterocycles. The van der Waals surface area contributed by atoms with Gasteiger partial charge < -0.3 is 10.1 Å². The van der Waals surface area contributed by atoms with Crippen LogP contribution in [-0.4, -0.2) is 59.7 Å². The molecule has 0 saturated carbocycles. The van der Waals surface area contributed by atoms with Crippen LogP contribution >= 0.6 is 0 Å². The molecule has 1 aliphatic rings. The molecule has 0 aliphatic carbocycles. The fourth-order valence-electron chi connectivity index (χ4n) is 1.91. The van der Waals surface area contributed by atoms with Crippen molar-refractivity contribution in [3.8, 4) is 0 Å². The molecule has 0 aromatic rings. The number of methoxy groups -OCH3 is 1. The Labute approximate surface area is 104 Å². The van der Waals surface area contributed by atoms with E-state index in [9.17, 15) is 8.42 Å². The lowest BCUT2D eigenvalue weighted by Gasteiger charge is -2.27. The molecule has 1 saturated heterocycles. The molecule has 0 aromatic carbocycles. The maximum Gasteiger partial charge on any atom is 0.279 e. The van der Waals surface area contributed by atoms with Gasteiger partial charge in [-0.25, -0.2) is 0 Å². The van der Waals surface area contributed by atoms with Crippen LogP contribution in [0.5, 0.6) is 0 Å². The minimum absolute atomic E-state index is 0.315. The van der Waals surface area contributed by atoms with Crippen LogP contribution in [0.2, 0.25) is 0 Å². The molecule has 0 bridgehead atoms. The minimum atomic E-state index is -3.35. The molecular formula is C10H23N3O3S. The summed E-state index contributed by atoms with van der Waals surface area (Å²) in [6.45, 7) is 3.26. The first-order chi connectivity index (χ1) is 8.06. The molecule has 2 N–H and O–H groups in total. The highest BCUT2D eigenvalue weighted by Crippen LogP contribution is 2.13. The Hall–Kier alpha value is -0.210. The van der Waals surface area contributed by atoms with Crippen LogP contribution in [0.4, 0.5) is 0 Å². The highest BCUT2D eigenvalue weighted by molar-refractivity contribution is 7.87. The fraction of sp³-hybridized carbons (Fsp3) is 1.00. The highest BCUT2D eigenvalue weighted by Gasteiger charge is 2.22. The predicted molar refractivity (Wildman–Crippen MR) is 67.0 cm³/mol. The zero-order valence-corrected chi connectivity index (χ0v) is 11.4. The van der Waals surface area contributed by atoms with Crippen molar-refractivity contribution in [1.29, 1.82) is 0 Å². The summed E-state index contributed by atoms with van der Waals surface area (Å²) in [5.41, 5.74) is 0. The van der Waals surface area contributed by atoms with Gasteiger partial charge in [0.15, 0.2) is 0 Å². The minimum Gasteiger partial charge on any atom is -0.383 e. The van der Waals surface area contributed by atoms with E-state index >= 15 is 0 Å². The number of nitrogens with zero attached hydrogens (tertiary/aromatic N) is 1. The average Bonchev–Trinajstić information content (AvgIpc) is 2.30. The number of nitrogens with one attached hydrogen (secondary N) is 2. The summed E-state index contributed by atoms with van der Waals surface area (Å²) in [6, 6.07) is 0. The van der Waals surface area contributed by atoms with E-state index in [1.165, 1.54) is 4.31 Å². The molecule has 1 rings (SSSR count). The van der Waals surface area contributed by atoms with Crippen LogP contribution in [0.3, 0.4) is 0 Å². The Morgan fingerprint density at radius 1 is 1.41 bits per heavy atom. The number of piperidine rings is 1. The summed E-state index contributed by atoms with van der Waals surface area (Å²) in [5.74, 6) is 0.459. The summed E-state index contributed by atoms with van der Waals surface area (Å²) >= 11 is 0. The first kappa shape index (κ1) is 14.8. The topological polar surface area (TPSA) is 70.7 Å². The third kappa shape index (κ3) is 5.31. The summed E-state index contributed by atoms with van der Waals surface area (Å²) in [5, 5.41) is 3.27. The maximum atomic E-state index is 11.8. The van der Waals surface area contributed by atoms with Gasteiger partial charge in [-0.3, -0.25) is 0 Å². The average molecular weight is 265 g/mol. The zero-order valence-electron chi connectivity index (χ0n) is 10.6. The van der Waals surface area contributed by atoms with Crippen LogP contribution in [0, 0.1) is 5.92 Å². The smallest absolute Gasteiger partial charge is 0.279 e. The lowest BCUT2D eigenvalue weighted by atomic mass is 9.98. The van der Waals surface area contributed by atoms with Gasteiger partial charge in [-0.2, -0.15) is 17.4 Å². The second-order valence-electron chi connectivity index (χ2n) is 4.37. The van der Waals surface area contributed by atoms with Crippen LogP contribution < -0.4 is 10.0 Å². The molecule has 0 spiro atoms. The van der Waals surface area contributed by atoms with Gasteiger partial charge in [-0.05, 0) is 31.8 Å². The molecule has 6 nitrogen and oxygen atoms in total. The molecule has 1 fully saturated rings. The van der Waals surface area contributed by atoms with Crippen LogP contribution in [0.15, 0.2) is 0 Å². The van der Waals surface area contributed by atoms with Gasteiger partial charge in [0.1, 0.15) is 0 Å². The standard InChI is InChI=1S/C10H23N3O3S/c1-13(9-10-3-5-11-6-4-10)17(14,15)12-7-8-16-2/h10-12H,3-9H2,1-2H3.